The van der Waals surface area contributed by atoms with Crippen LogP contribution >= 0.6 is 24.0 Å². The van der Waals surface area contributed by atoms with Crippen molar-refractivity contribution in [3.05, 3.63) is 66.0 Å². The third-order valence-electron chi connectivity index (χ3n) is 6.27. The summed E-state index contributed by atoms with van der Waals surface area (Å²) in [6.07, 6.45) is 7.93. The number of likely N-dealkylation sites (tertiary alicyclic amines) is 1. The Morgan fingerprint density at radius 3 is 2.47 bits per heavy atom. The molecule has 30 heavy (non-hydrogen) atoms. The van der Waals surface area contributed by atoms with E-state index in [0.29, 0.717) is 11.5 Å². The highest BCUT2D eigenvalue weighted by atomic mass is 127. The lowest BCUT2D eigenvalue weighted by molar-refractivity contribution is 0.196. The quantitative estimate of drug-likeness (QED) is 0.332. The molecule has 0 unspecified atom stereocenters. The highest BCUT2D eigenvalue weighted by Gasteiger charge is 2.42. The molecule has 1 aromatic heterocycles. The molecular formula is C24H34IN5. The number of nitrogens with one attached hydrogen (secondary N) is 2. The second kappa shape index (κ2) is 11.1. The topological polar surface area (TPSA) is 52.6 Å². The van der Waals surface area contributed by atoms with E-state index < -0.39 is 0 Å². The van der Waals surface area contributed by atoms with Gasteiger partial charge in [0.15, 0.2) is 5.96 Å². The van der Waals surface area contributed by atoms with Gasteiger partial charge in [0.05, 0.1) is 5.69 Å². The first-order valence-electron chi connectivity index (χ1n) is 10.9. The van der Waals surface area contributed by atoms with E-state index in [1.54, 1.807) is 0 Å². The van der Waals surface area contributed by atoms with Crippen LogP contribution in [0.2, 0.25) is 0 Å². The maximum Gasteiger partial charge on any atom is 0.191 e. The van der Waals surface area contributed by atoms with E-state index in [4.69, 9.17) is 0 Å². The van der Waals surface area contributed by atoms with Gasteiger partial charge in [-0.15, -0.1) is 24.0 Å². The van der Waals surface area contributed by atoms with Crippen molar-refractivity contribution >= 4 is 29.9 Å². The second-order valence-electron chi connectivity index (χ2n) is 8.60. The Balaban J connectivity index is 0.00000256. The van der Waals surface area contributed by atoms with Crippen LogP contribution < -0.4 is 10.6 Å². The summed E-state index contributed by atoms with van der Waals surface area (Å²) in [7, 11) is 1.88. The van der Waals surface area contributed by atoms with Crippen LogP contribution in [0, 0.1) is 5.41 Å². The molecule has 162 valence electrons. The van der Waals surface area contributed by atoms with E-state index in [0.717, 1.165) is 57.1 Å². The Labute approximate surface area is 197 Å². The fraction of sp³-hybridized carbons (Fsp3) is 0.500. The molecule has 1 saturated carbocycles. The molecule has 0 bridgehead atoms. The van der Waals surface area contributed by atoms with Gasteiger partial charge in [-0.2, -0.15) is 0 Å². The summed E-state index contributed by atoms with van der Waals surface area (Å²) < 4.78 is 0. The first-order valence-corrected chi connectivity index (χ1v) is 10.9. The van der Waals surface area contributed by atoms with Crippen molar-refractivity contribution in [3.8, 4) is 0 Å². The van der Waals surface area contributed by atoms with Crippen molar-refractivity contribution in [2.24, 2.45) is 10.4 Å². The number of guanidine groups is 1. The summed E-state index contributed by atoms with van der Waals surface area (Å²) in [5.74, 6) is 0.951. The summed E-state index contributed by atoms with van der Waals surface area (Å²) in [5, 5.41) is 7.26. The fourth-order valence-corrected chi connectivity index (χ4v) is 4.24. The summed E-state index contributed by atoms with van der Waals surface area (Å²) in [5.41, 5.74) is 3.00. The van der Waals surface area contributed by atoms with Gasteiger partial charge >= 0.3 is 0 Å². The van der Waals surface area contributed by atoms with E-state index >= 15 is 0 Å². The molecule has 6 heteroatoms. The van der Waals surface area contributed by atoms with Crippen molar-refractivity contribution in [3.63, 3.8) is 0 Å². The zero-order valence-electron chi connectivity index (χ0n) is 17.9. The Morgan fingerprint density at radius 1 is 1.10 bits per heavy atom. The first kappa shape index (κ1) is 23.0. The van der Waals surface area contributed by atoms with Crippen LogP contribution in [-0.4, -0.2) is 48.6 Å². The number of benzene rings is 1. The third-order valence-corrected chi connectivity index (χ3v) is 6.27. The maximum absolute atomic E-state index is 4.48. The molecule has 2 fully saturated rings. The van der Waals surface area contributed by atoms with Gasteiger partial charge in [-0.3, -0.25) is 14.9 Å². The molecule has 5 nitrogen and oxygen atoms in total. The number of rotatable bonds is 7. The van der Waals surface area contributed by atoms with Crippen LogP contribution in [0.3, 0.4) is 0 Å². The van der Waals surface area contributed by atoms with Gasteiger partial charge in [-0.05, 0) is 55.2 Å². The van der Waals surface area contributed by atoms with E-state index in [-0.39, 0.29) is 24.0 Å². The molecule has 2 heterocycles. The Hall–Kier alpha value is -1.67. The Bertz CT molecular complexity index is 784. The lowest BCUT2D eigenvalue weighted by Gasteiger charge is -2.33. The van der Waals surface area contributed by atoms with Crippen molar-refractivity contribution < 1.29 is 0 Å². The number of nitrogens with zero attached hydrogens (tertiary/aromatic N) is 3. The van der Waals surface area contributed by atoms with Gasteiger partial charge in [-0.25, -0.2) is 0 Å². The molecule has 2 aromatic rings. The van der Waals surface area contributed by atoms with Gasteiger partial charge < -0.3 is 10.6 Å². The van der Waals surface area contributed by atoms with Gasteiger partial charge in [0.1, 0.15) is 0 Å². The van der Waals surface area contributed by atoms with Crippen LogP contribution in [0.4, 0.5) is 0 Å². The predicted octanol–water partition coefficient (Wildman–Crippen LogP) is 3.85. The standard InChI is InChI=1S/C24H33N5.HI/c1-25-23(27-19-24(12-13-24)17-20-7-3-2-4-8-20)28-21-10-15-29(16-11-21)18-22-9-5-6-14-26-22;/h2-9,14,21H,10-13,15-19H2,1H3,(H2,25,27,28);1H. The molecule has 2 N–H and O–H groups in total. The molecule has 4 rings (SSSR count). The van der Waals surface area contributed by atoms with Crippen molar-refractivity contribution in [2.45, 2.75) is 44.7 Å². The number of aliphatic imine (C=N–C) groups is 1. The summed E-state index contributed by atoms with van der Waals surface area (Å²) in [6.45, 7) is 4.15. The highest BCUT2D eigenvalue weighted by Crippen LogP contribution is 2.47. The monoisotopic (exact) mass is 519 g/mol. The number of halogens is 1. The van der Waals surface area contributed by atoms with Gasteiger partial charge in [0.25, 0.3) is 0 Å². The van der Waals surface area contributed by atoms with Crippen LogP contribution in [-0.2, 0) is 13.0 Å². The zero-order valence-corrected chi connectivity index (χ0v) is 20.2. The molecule has 1 aliphatic carbocycles. The molecular weight excluding hydrogens is 485 g/mol. The van der Waals surface area contributed by atoms with E-state index in [9.17, 15) is 0 Å². The number of piperidine rings is 1. The highest BCUT2D eigenvalue weighted by molar-refractivity contribution is 14.0. The Kier molecular flexibility index (Phi) is 8.50. The fourth-order valence-electron chi connectivity index (χ4n) is 4.24. The minimum atomic E-state index is 0. The van der Waals surface area contributed by atoms with Crippen molar-refractivity contribution in [1.82, 2.24) is 20.5 Å². The van der Waals surface area contributed by atoms with E-state index in [1.807, 2.05) is 19.3 Å². The maximum atomic E-state index is 4.48. The van der Waals surface area contributed by atoms with Crippen molar-refractivity contribution in [2.75, 3.05) is 26.7 Å². The second-order valence-corrected chi connectivity index (χ2v) is 8.60. The molecule has 1 aromatic carbocycles. The molecule has 0 radical (unpaired) electrons. The smallest absolute Gasteiger partial charge is 0.191 e. The molecule has 1 aliphatic heterocycles. The summed E-state index contributed by atoms with van der Waals surface area (Å²) in [4.78, 5) is 11.4. The summed E-state index contributed by atoms with van der Waals surface area (Å²) >= 11 is 0. The number of aromatic nitrogens is 1. The molecule has 0 amide bonds. The lowest BCUT2D eigenvalue weighted by atomic mass is 9.96. The average Bonchev–Trinajstić information content (AvgIpc) is 3.53. The van der Waals surface area contributed by atoms with Crippen LogP contribution in [0.5, 0.6) is 0 Å². The normalized spacial score (nSPS) is 19.0. The van der Waals surface area contributed by atoms with Gasteiger partial charge in [0, 0.05) is 45.5 Å². The minimum Gasteiger partial charge on any atom is -0.356 e. The largest absolute Gasteiger partial charge is 0.356 e. The van der Waals surface area contributed by atoms with Crippen LogP contribution in [0.25, 0.3) is 0 Å². The van der Waals surface area contributed by atoms with Crippen molar-refractivity contribution in [1.29, 1.82) is 0 Å². The van der Waals surface area contributed by atoms with Crippen LogP contribution in [0.1, 0.15) is 36.9 Å². The van der Waals surface area contributed by atoms with Gasteiger partial charge in [0.2, 0.25) is 0 Å². The first-order chi connectivity index (χ1) is 14.2. The average molecular weight is 519 g/mol. The third kappa shape index (κ3) is 6.67. The minimum absolute atomic E-state index is 0. The Morgan fingerprint density at radius 2 is 1.83 bits per heavy atom. The van der Waals surface area contributed by atoms with Gasteiger partial charge in [-0.1, -0.05) is 36.4 Å². The van der Waals surface area contributed by atoms with E-state index in [2.05, 4.69) is 68.0 Å². The molecule has 0 atom stereocenters. The predicted molar refractivity (Wildman–Crippen MR) is 134 cm³/mol. The molecule has 1 saturated heterocycles. The van der Waals surface area contributed by atoms with Crippen LogP contribution in [0.15, 0.2) is 59.7 Å². The number of pyridine rings is 1. The van der Waals surface area contributed by atoms with E-state index in [1.165, 1.54) is 18.4 Å². The number of hydrogen-bond donors (Lipinski definition) is 2. The zero-order chi connectivity index (χ0) is 19.9. The number of hydrogen-bond acceptors (Lipinski definition) is 3. The molecule has 0 spiro atoms. The summed E-state index contributed by atoms with van der Waals surface area (Å²) in [6, 6.07) is 17.5. The molecule has 2 aliphatic rings. The SMILES string of the molecule is CN=C(NCC1(Cc2ccccc2)CC1)NC1CCN(Cc2ccccn2)CC1.I. The lowest BCUT2D eigenvalue weighted by Crippen LogP contribution is -2.49.